The molecular weight excluding hydrogens is 257 g/mol. The van der Waals surface area contributed by atoms with Crippen LogP contribution in [-0.2, 0) is 6.18 Å². The second kappa shape index (κ2) is 4.34. The maximum absolute atomic E-state index is 12.9. The number of hydrogen-bond donors (Lipinski definition) is 1. The Morgan fingerprint density at radius 2 is 1.95 bits per heavy atom. The van der Waals surface area contributed by atoms with Gasteiger partial charge in [0.25, 0.3) is 0 Å². The molecule has 4 nitrogen and oxygen atoms in total. The molecule has 7 heteroatoms. The zero-order valence-corrected chi connectivity index (χ0v) is 9.85. The van der Waals surface area contributed by atoms with Crippen molar-refractivity contribution in [2.45, 2.75) is 12.1 Å². The van der Waals surface area contributed by atoms with E-state index in [1.807, 2.05) is 0 Å². The Labute approximate surface area is 107 Å². The van der Waals surface area contributed by atoms with Crippen molar-refractivity contribution in [3.05, 3.63) is 41.7 Å². The fourth-order valence-corrected chi connectivity index (χ4v) is 1.99. The molecule has 1 aliphatic rings. The first kappa shape index (κ1) is 12.2. The third-order valence-electron chi connectivity index (χ3n) is 3.17. The average Bonchev–Trinajstić information content (AvgIpc) is 2.75. The molecule has 0 radical (unpaired) electrons. The highest BCUT2D eigenvalue weighted by molar-refractivity contribution is 5.42. The highest BCUT2D eigenvalue weighted by Crippen LogP contribution is 2.33. The molecule has 2 aromatic rings. The first-order valence-electron chi connectivity index (χ1n) is 5.85. The summed E-state index contributed by atoms with van der Waals surface area (Å²) in [5.41, 5.74) is 0.00921. The molecule has 1 aliphatic heterocycles. The molecule has 1 fully saturated rings. The van der Waals surface area contributed by atoms with Crippen LogP contribution in [0.1, 0.15) is 17.2 Å². The average molecular weight is 268 g/mol. The van der Waals surface area contributed by atoms with E-state index in [0.717, 1.165) is 24.8 Å². The molecule has 0 bridgehead atoms. The zero-order valence-electron chi connectivity index (χ0n) is 9.85. The molecule has 3 rings (SSSR count). The van der Waals surface area contributed by atoms with E-state index in [4.69, 9.17) is 0 Å². The van der Waals surface area contributed by atoms with E-state index < -0.39 is 11.7 Å². The van der Waals surface area contributed by atoms with Crippen LogP contribution in [-0.4, -0.2) is 28.1 Å². The smallest absolute Gasteiger partial charge is 0.315 e. The number of aromatic nitrogens is 3. The number of nitrogens with zero attached hydrogens (tertiary/aromatic N) is 3. The third-order valence-corrected chi connectivity index (χ3v) is 3.17. The van der Waals surface area contributed by atoms with E-state index in [9.17, 15) is 13.2 Å². The first-order chi connectivity index (χ1) is 9.05. The van der Waals surface area contributed by atoms with Crippen LogP contribution in [0.5, 0.6) is 0 Å². The molecule has 100 valence electrons. The maximum atomic E-state index is 12.9. The van der Waals surface area contributed by atoms with Crippen LogP contribution in [0.15, 0.2) is 30.5 Å². The van der Waals surface area contributed by atoms with Crippen LogP contribution >= 0.6 is 0 Å². The Bertz CT molecular complexity index is 587. The van der Waals surface area contributed by atoms with Crippen LogP contribution in [0, 0.1) is 0 Å². The number of para-hydroxylation sites is 1. The second-order valence-corrected chi connectivity index (χ2v) is 4.46. The van der Waals surface area contributed by atoms with Crippen molar-refractivity contribution >= 4 is 0 Å². The summed E-state index contributed by atoms with van der Waals surface area (Å²) in [5.74, 6) is 0.242. The van der Waals surface area contributed by atoms with Gasteiger partial charge >= 0.3 is 6.18 Å². The fraction of sp³-hybridized carbons (Fsp3) is 0.333. The van der Waals surface area contributed by atoms with E-state index >= 15 is 0 Å². The second-order valence-electron chi connectivity index (χ2n) is 4.46. The lowest BCUT2D eigenvalue weighted by atomic mass is 10.0. The van der Waals surface area contributed by atoms with Gasteiger partial charge in [0.05, 0.1) is 23.1 Å². The molecule has 0 spiro atoms. The van der Waals surface area contributed by atoms with Gasteiger partial charge in [0, 0.05) is 19.0 Å². The lowest BCUT2D eigenvalue weighted by Crippen LogP contribution is -2.40. The molecule has 0 aliphatic carbocycles. The molecule has 1 aromatic carbocycles. The van der Waals surface area contributed by atoms with Crippen LogP contribution in [0.2, 0.25) is 0 Å². The van der Waals surface area contributed by atoms with Crippen LogP contribution in [0.3, 0.4) is 0 Å². The highest BCUT2D eigenvalue weighted by atomic mass is 19.4. The van der Waals surface area contributed by atoms with Crippen molar-refractivity contribution in [3.63, 3.8) is 0 Å². The van der Waals surface area contributed by atoms with Crippen LogP contribution < -0.4 is 5.32 Å². The Morgan fingerprint density at radius 1 is 1.21 bits per heavy atom. The Morgan fingerprint density at radius 3 is 2.58 bits per heavy atom. The lowest BCUT2D eigenvalue weighted by molar-refractivity contribution is -0.137. The quantitative estimate of drug-likeness (QED) is 0.905. The van der Waals surface area contributed by atoms with Gasteiger partial charge in [-0.15, -0.1) is 5.10 Å². The number of alkyl halides is 3. The molecular formula is C12H11F3N4. The summed E-state index contributed by atoms with van der Waals surface area (Å²) < 4.78 is 39.9. The minimum atomic E-state index is -4.40. The normalized spacial score (nSPS) is 16.4. The van der Waals surface area contributed by atoms with Crippen molar-refractivity contribution in [2.24, 2.45) is 0 Å². The standard InChI is InChI=1S/C12H11F3N4/c13-12(14,15)9-3-1-2-4-11(9)19-7-10(17-18-19)8-5-16-6-8/h1-4,7-8,16H,5-6H2. The van der Waals surface area contributed by atoms with E-state index in [-0.39, 0.29) is 11.6 Å². The maximum Gasteiger partial charge on any atom is 0.418 e. The molecule has 0 amide bonds. The van der Waals surface area contributed by atoms with Gasteiger partial charge in [-0.2, -0.15) is 13.2 Å². The molecule has 2 heterocycles. The minimum Gasteiger partial charge on any atom is -0.315 e. The number of rotatable bonds is 2. The lowest BCUT2D eigenvalue weighted by Gasteiger charge is -2.24. The summed E-state index contributed by atoms with van der Waals surface area (Å²) in [7, 11) is 0. The van der Waals surface area contributed by atoms with Gasteiger partial charge in [0.1, 0.15) is 0 Å². The van der Waals surface area contributed by atoms with Crippen molar-refractivity contribution in [1.82, 2.24) is 20.3 Å². The van der Waals surface area contributed by atoms with Crippen LogP contribution in [0.25, 0.3) is 5.69 Å². The topological polar surface area (TPSA) is 42.7 Å². The van der Waals surface area contributed by atoms with Gasteiger partial charge in [-0.05, 0) is 12.1 Å². The molecule has 1 N–H and O–H groups in total. The summed E-state index contributed by atoms with van der Waals surface area (Å²) >= 11 is 0. The summed E-state index contributed by atoms with van der Waals surface area (Å²) in [4.78, 5) is 0. The van der Waals surface area contributed by atoms with Gasteiger partial charge in [-0.25, -0.2) is 4.68 Å². The van der Waals surface area contributed by atoms with Crippen molar-refractivity contribution in [3.8, 4) is 5.69 Å². The van der Waals surface area contributed by atoms with Gasteiger partial charge in [-0.3, -0.25) is 0 Å². The predicted octanol–water partition coefficient (Wildman–Crippen LogP) is 1.97. The van der Waals surface area contributed by atoms with E-state index in [1.165, 1.54) is 16.8 Å². The largest absolute Gasteiger partial charge is 0.418 e. The zero-order chi connectivity index (χ0) is 13.5. The predicted molar refractivity (Wildman–Crippen MR) is 62.0 cm³/mol. The molecule has 0 atom stereocenters. The van der Waals surface area contributed by atoms with Crippen molar-refractivity contribution in [2.75, 3.05) is 13.1 Å². The monoisotopic (exact) mass is 268 g/mol. The van der Waals surface area contributed by atoms with Crippen LogP contribution in [0.4, 0.5) is 13.2 Å². The highest BCUT2D eigenvalue weighted by Gasteiger charge is 2.34. The summed E-state index contributed by atoms with van der Waals surface area (Å²) in [6.45, 7) is 1.58. The molecule has 1 aromatic heterocycles. The summed E-state index contributed by atoms with van der Waals surface area (Å²) in [6.07, 6.45) is -2.84. The summed E-state index contributed by atoms with van der Waals surface area (Å²) in [5, 5.41) is 10.8. The third kappa shape index (κ3) is 2.21. The van der Waals surface area contributed by atoms with E-state index in [1.54, 1.807) is 12.3 Å². The molecule has 1 saturated heterocycles. The SMILES string of the molecule is FC(F)(F)c1ccccc1-n1cc(C2CNC2)nn1. The number of hydrogen-bond acceptors (Lipinski definition) is 3. The number of nitrogens with one attached hydrogen (secondary N) is 1. The number of benzene rings is 1. The number of halogens is 3. The first-order valence-corrected chi connectivity index (χ1v) is 5.85. The van der Waals surface area contributed by atoms with E-state index in [0.29, 0.717) is 0 Å². The van der Waals surface area contributed by atoms with E-state index in [2.05, 4.69) is 15.6 Å². The Kier molecular flexibility index (Phi) is 2.78. The van der Waals surface area contributed by atoms with Crippen molar-refractivity contribution in [1.29, 1.82) is 0 Å². The minimum absolute atomic E-state index is 0.000956. The molecule has 19 heavy (non-hydrogen) atoms. The van der Waals surface area contributed by atoms with Gasteiger partial charge < -0.3 is 5.32 Å². The summed E-state index contributed by atoms with van der Waals surface area (Å²) in [6, 6.07) is 5.35. The van der Waals surface area contributed by atoms with Crippen molar-refractivity contribution < 1.29 is 13.2 Å². The Hall–Kier alpha value is -1.89. The Balaban J connectivity index is 1.99. The van der Waals surface area contributed by atoms with Gasteiger partial charge in [-0.1, -0.05) is 17.3 Å². The van der Waals surface area contributed by atoms with Gasteiger partial charge in [0.15, 0.2) is 0 Å². The molecule has 0 saturated carbocycles. The molecule has 0 unspecified atom stereocenters. The fourth-order valence-electron chi connectivity index (χ4n) is 1.99. The van der Waals surface area contributed by atoms with Gasteiger partial charge in [0.2, 0.25) is 0 Å².